The molecule has 0 rings (SSSR count). The maximum Gasteiger partial charge on any atom is 0.322 e. The number of esters is 1. The molecular formula is C44H85NO5. The number of nitrogens with one attached hydrogen (secondary N) is 1. The molecule has 1 atom stereocenters. The quantitative estimate of drug-likeness (QED) is 0.0487. The molecule has 0 aliphatic carbocycles. The van der Waals surface area contributed by atoms with Crippen molar-refractivity contribution in [3.05, 3.63) is 0 Å². The van der Waals surface area contributed by atoms with Gasteiger partial charge in [0, 0.05) is 12.8 Å². The van der Waals surface area contributed by atoms with Crippen molar-refractivity contribution in [2.45, 2.75) is 258 Å². The molecule has 2 N–H and O–H groups in total. The standard InChI is InChI=1S/C44H85NO5/c1-3-5-7-9-11-13-14-15-16-17-18-19-20-21-22-23-24-26-31-35-39-44(49)50-41(36-32-28-25-12-10-8-6-4-2)37-33-29-27-30-34-38-42(46)45-40-43(47)48/h41H,3-40H2,1-2H3,(H,45,46)(H,47,48). The fourth-order valence-corrected chi connectivity index (χ4v) is 6.99. The number of rotatable bonds is 41. The average molecular weight is 708 g/mol. The number of unbranched alkanes of at least 4 members (excludes halogenated alkanes) is 30. The van der Waals surface area contributed by atoms with Crippen molar-refractivity contribution < 1.29 is 24.2 Å². The summed E-state index contributed by atoms with van der Waals surface area (Å²) < 4.78 is 6.02. The second kappa shape index (κ2) is 40.2. The largest absolute Gasteiger partial charge is 0.480 e. The minimum atomic E-state index is -1.01. The highest BCUT2D eigenvalue weighted by Crippen LogP contribution is 2.19. The lowest BCUT2D eigenvalue weighted by atomic mass is 10.0. The van der Waals surface area contributed by atoms with Crippen LogP contribution in [0.4, 0.5) is 0 Å². The van der Waals surface area contributed by atoms with Crippen LogP contribution in [0.25, 0.3) is 0 Å². The SMILES string of the molecule is CCCCCCCCCCCCCCCCCCCCCCC(=O)OC(CCCCCCCCCC)CCCCCCCC(=O)NCC(=O)O. The first-order chi connectivity index (χ1) is 24.5. The maximum atomic E-state index is 12.7. The lowest BCUT2D eigenvalue weighted by Crippen LogP contribution is -2.28. The van der Waals surface area contributed by atoms with Crippen molar-refractivity contribution in [2.75, 3.05) is 6.54 Å². The number of hydrogen-bond acceptors (Lipinski definition) is 4. The molecule has 50 heavy (non-hydrogen) atoms. The average Bonchev–Trinajstić information content (AvgIpc) is 3.10. The Morgan fingerprint density at radius 3 is 1.08 bits per heavy atom. The molecule has 1 amide bonds. The minimum Gasteiger partial charge on any atom is -0.480 e. The Hall–Kier alpha value is -1.59. The Labute approximate surface area is 310 Å². The molecule has 0 aromatic carbocycles. The van der Waals surface area contributed by atoms with Gasteiger partial charge in [0.2, 0.25) is 5.91 Å². The van der Waals surface area contributed by atoms with Gasteiger partial charge in [-0.15, -0.1) is 0 Å². The minimum absolute atomic E-state index is 0.00986. The van der Waals surface area contributed by atoms with Gasteiger partial charge in [-0.25, -0.2) is 0 Å². The molecule has 0 heterocycles. The third kappa shape index (κ3) is 39.2. The van der Waals surface area contributed by atoms with Gasteiger partial charge in [0.25, 0.3) is 0 Å². The lowest BCUT2D eigenvalue weighted by molar-refractivity contribution is -0.150. The number of amides is 1. The zero-order chi connectivity index (χ0) is 36.6. The summed E-state index contributed by atoms with van der Waals surface area (Å²) in [5, 5.41) is 11.1. The van der Waals surface area contributed by atoms with Gasteiger partial charge in [-0.3, -0.25) is 14.4 Å². The van der Waals surface area contributed by atoms with Crippen LogP contribution >= 0.6 is 0 Å². The highest BCUT2D eigenvalue weighted by molar-refractivity contribution is 5.80. The van der Waals surface area contributed by atoms with E-state index in [0.717, 1.165) is 64.2 Å². The van der Waals surface area contributed by atoms with Crippen molar-refractivity contribution in [1.29, 1.82) is 0 Å². The molecule has 0 spiro atoms. The first kappa shape index (κ1) is 48.4. The molecule has 6 heteroatoms. The summed E-state index contributed by atoms with van der Waals surface area (Å²) >= 11 is 0. The van der Waals surface area contributed by atoms with Crippen LogP contribution in [0.5, 0.6) is 0 Å². The van der Waals surface area contributed by atoms with Crippen molar-refractivity contribution in [1.82, 2.24) is 5.32 Å². The predicted molar refractivity (Wildman–Crippen MR) is 213 cm³/mol. The monoisotopic (exact) mass is 708 g/mol. The normalized spacial score (nSPS) is 11.9. The molecule has 0 fully saturated rings. The van der Waals surface area contributed by atoms with Crippen molar-refractivity contribution in [3.8, 4) is 0 Å². The molecule has 0 bridgehead atoms. The van der Waals surface area contributed by atoms with E-state index in [2.05, 4.69) is 19.2 Å². The van der Waals surface area contributed by atoms with Crippen molar-refractivity contribution in [3.63, 3.8) is 0 Å². The zero-order valence-electron chi connectivity index (χ0n) is 33.5. The molecule has 0 saturated carbocycles. The maximum absolute atomic E-state index is 12.7. The molecule has 0 aliphatic rings. The Bertz CT molecular complexity index is 742. The molecular weight excluding hydrogens is 622 g/mol. The Morgan fingerprint density at radius 2 is 0.740 bits per heavy atom. The van der Waals surface area contributed by atoms with Gasteiger partial charge in [0.1, 0.15) is 12.6 Å². The van der Waals surface area contributed by atoms with E-state index < -0.39 is 5.97 Å². The Balaban J connectivity index is 3.92. The van der Waals surface area contributed by atoms with E-state index in [9.17, 15) is 14.4 Å². The van der Waals surface area contributed by atoms with Gasteiger partial charge in [0.15, 0.2) is 0 Å². The summed E-state index contributed by atoms with van der Waals surface area (Å²) in [6, 6.07) is 0. The predicted octanol–water partition coefficient (Wildman–Crippen LogP) is 13.6. The summed E-state index contributed by atoms with van der Waals surface area (Å²) in [5.41, 5.74) is 0. The molecule has 0 radical (unpaired) electrons. The molecule has 0 aliphatic heterocycles. The summed E-state index contributed by atoms with van der Waals surface area (Å²) in [6.07, 6.45) is 45.3. The van der Waals surface area contributed by atoms with Crippen molar-refractivity contribution in [2.24, 2.45) is 0 Å². The highest BCUT2D eigenvalue weighted by Gasteiger charge is 2.14. The number of ether oxygens (including phenoxy) is 1. The fraction of sp³-hybridized carbons (Fsp3) is 0.932. The number of carboxylic acids is 1. The van der Waals surface area contributed by atoms with E-state index in [1.165, 1.54) is 161 Å². The number of hydrogen-bond donors (Lipinski definition) is 2. The van der Waals surface area contributed by atoms with Crippen LogP contribution in [0.3, 0.4) is 0 Å². The van der Waals surface area contributed by atoms with Gasteiger partial charge in [0.05, 0.1) is 0 Å². The van der Waals surface area contributed by atoms with Gasteiger partial charge in [-0.2, -0.15) is 0 Å². The van der Waals surface area contributed by atoms with Crippen LogP contribution in [0.2, 0.25) is 0 Å². The first-order valence-electron chi connectivity index (χ1n) is 22.2. The van der Waals surface area contributed by atoms with Crippen LogP contribution in [0, 0.1) is 0 Å². The summed E-state index contributed by atoms with van der Waals surface area (Å²) in [6.45, 7) is 4.24. The van der Waals surface area contributed by atoms with E-state index in [-0.39, 0.29) is 24.5 Å². The second-order valence-corrected chi connectivity index (χ2v) is 15.3. The number of carbonyl (C=O) groups excluding carboxylic acids is 2. The van der Waals surface area contributed by atoms with Crippen molar-refractivity contribution >= 4 is 17.8 Å². The second-order valence-electron chi connectivity index (χ2n) is 15.3. The lowest BCUT2D eigenvalue weighted by Gasteiger charge is -2.18. The molecule has 296 valence electrons. The summed E-state index contributed by atoms with van der Waals surface area (Å²) in [5.74, 6) is -1.21. The van der Waals surface area contributed by atoms with Crippen LogP contribution in [0.15, 0.2) is 0 Å². The van der Waals surface area contributed by atoms with Gasteiger partial charge >= 0.3 is 11.9 Å². The number of aliphatic carboxylic acids is 1. The van der Waals surface area contributed by atoms with Crippen LogP contribution in [-0.4, -0.2) is 35.6 Å². The number of carboxylic acid groups (broad SMARTS) is 1. The van der Waals surface area contributed by atoms with E-state index >= 15 is 0 Å². The van der Waals surface area contributed by atoms with Crippen LogP contribution in [-0.2, 0) is 19.1 Å². The van der Waals surface area contributed by atoms with Crippen LogP contribution in [0.1, 0.15) is 251 Å². The van der Waals surface area contributed by atoms with Crippen LogP contribution < -0.4 is 5.32 Å². The van der Waals surface area contributed by atoms with E-state index in [0.29, 0.717) is 12.8 Å². The van der Waals surface area contributed by atoms with Gasteiger partial charge in [-0.1, -0.05) is 200 Å². The topological polar surface area (TPSA) is 92.7 Å². The van der Waals surface area contributed by atoms with E-state index in [4.69, 9.17) is 9.84 Å². The fourth-order valence-electron chi connectivity index (χ4n) is 6.99. The summed E-state index contributed by atoms with van der Waals surface area (Å²) in [7, 11) is 0. The Kier molecular flexibility index (Phi) is 38.9. The van der Waals surface area contributed by atoms with E-state index in [1.54, 1.807) is 0 Å². The molecule has 1 unspecified atom stereocenters. The van der Waals surface area contributed by atoms with E-state index in [1.807, 2.05) is 0 Å². The first-order valence-corrected chi connectivity index (χ1v) is 22.2. The molecule has 0 aromatic heterocycles. The third-order valence-corrected chi connectivity index (χ3v) is 10.3. The number of carbonyl (C=O) groups is 3. The van der Waals surface area contributed by atoms with Gasteiger partial charge in [-0.05, 0) is 38.5 Å². The third-order valence-electron chi connectivity index (χ3n) is 10.3. The molecule has 6 nitrogen and oxygen atoms in total. The molecule has 0 saturated heterocycles. The molecule has 0 aromatic rings. The van der Waals surface area contributed by atoms with Gasteiger partial charge < -0.3 is 15.2 Å². The smallest absolute Gasteiger partial charge is 0.322 e. The summed E-state index contributed by atoms with van der Waals surface area (Å²) in [4.78, 5) is 34.9. The Morgan fingerprint density at radius 1 is 0.440 bits per heavy atom. The zero-order valence-corrected chi connectivity index (χ0v) is 33.5. The highest BCUT2D eigenvalue weighted by atomic mass is 16.5.